The van der Waals surface area contributed by atoms with Gasteiger partial charge in [-0.3, -0.25) is 4.99 Å². The van der Waals surface area contributed by atoms with Gasteiger partial charge in [0.1, 0.15) is 5.75 Å². The molecule has 4 nitrogen and oxygen atoms in total. The average Bonchev–Trinajstić information content (AvgIpc) is 2.47. The van der Waals surface area contributed by atoms with Crippen molar-refractivity contribution in [2.75, 3.05) is 0 Å². The van der Waals surface area contributed by atoms with E-state index in [9.17, 15) is 9.90 Å². The van der Waals surface area contributed by atoms with E-state index in [1.807, 2.05) is 38.1 Å². The summed E-state index contributed by atoms with van der Waals surface area (Å²) in [5, 5.41) is 10.8. The normalized spacial score (nSPS) is 11.4. The number of fused-ring (bicyclic) bond motifs is 1. The smallest absolute Gasteiger partial charge is 0.336 e. The summed E-state index contributed by atoms with van der Waals surface area (Å²) in [7, 11) is 0. The van der Waals surface area contributed by atoms with E-state index in [0.29, 0.717) is 11.1 Å². The van der Waals surface area contributed by atoms with Gasteiger partial charge in [0, 0.05) is 17.7 Å². The van der Waals surface area contributed by atoms with Gasteiger partial charge in [0.05, 0.1) is 11.3 Å². The fourth-order valence-electron chi connectivity index (χ4n) is 2.29. The number of rotatable bonds is 2. The summed E-state index contributed by atoms with van der Waals surface area (Å²) < 4.78 is 5.26. The highest BCUT2D eigenvalue weighted by Crippen LogP contribution is 2.27. The molecule has 110 valence electrons. The molecule has 22 heavy (non-hydrogen) atoms. The van der Waals surface area contributed by atoms with E-state index < -0.39 is 5.63 Å². The number of aliphatic imine (C=N–C) groups is 1. The second kappa shape index (κ2) is 5.48. The Morgan fingerprint density at radius 1 is 1.09 bits per heavy atom. The third-order valence-electron chi connectivity index (χ3n) is 3.51. The topological polar surface area (TPSA) is 62.8 Å². The zero-order valence-electron chi connectivity index (χ0n) is 12.3. The Morgan fingerprint density at radius 2 is 1.82 bits per heavy atom. The minimum atomic E-state index is -0.444. The van der Waals surface area contributed by atoms with Crippen molar-refractivity contribution in [1.29, 1.82) is 0 Å². The highest BCUT2D eigenvalue weighted by atomic mass is 16.4. The van der Waals surface area contributed by atoms with E-state index in [0.717, 1.165) is 22.2 Å². The van der Waals surface area contributed by atoms with Crippen molar-refractivity contribution in [3.8, 4) is 5.75 Å². The summed E-state index contributed by atoms with van der Waals surface area (Å²) in [6.45, 7) is 3.83. The number of hydrogen-bond donors (Lipinski definition) is 1. The van der Waals surface area contributed by atoms with Crippen LogP contribution in [0, 0.1) is 13.8 Å². The summed E-state index contributed by atoms with van der Waals surface area (Å²) >= 11 is 0. The largest absolute Gasteiger partial charge is 0.507 e. The van der Waals surface area contributed by atoms with Gasteiger partial charge in [-0.2, -0.15) is 0 Å². The molecule has 4 heteroatoms. The molecule has 0 saturated carbocycles. The molecule has 0 saturated heterocycles. The fraction of sp³-hybridized carbons (Fsp3) is 0.111. The van der Waals surface area contributed by atoms with Gasteiger partial charge in [0.2, 0.25) is 0 Å². The minimum Gasteiger partial charge on any atom is -0.507 e. The molecule has 0 spiro atoms. The molecule has 0 aliphatic rings. The molecule has 3 rings (SSSR count). The lowest BCUT2D eigenvalue weighted by atomic mass is 10.1. The Kier molecular flexibility index (Phi) is 3.51. The van der Waals surface area contributed by atoms with Crippen LogP contribution in [0.2, 0.25) is 0 Å². The van der Waals surface area contributed by atoms with Gasteiger partial charge in [0.15, 0.2) is 5.58 Å². The van der Waals surface area contributed by atoms with Crippen LogP contribution in [-0.4, -0.2) is 11.3 Å². The number of phenolic OH excluding ortho intramolecular Hbond substituents is 1. The van der Waals surface area contributed by atoms with Gasteiger partial charge >= 0.3 is 5.63 Å². The van der Waals surface area contributed by atoms with Gasteiger partial charge in [-0.05, 0) is 43.7 Å². The molecule has 0 fully saturated rings. The first-order valence-electron chi connectivity index (χ1n) is 6.92. The molecule has 1 aromatic heterocycles. The predicted molar refractivity (Wildman–Crippen MR) is 87.3 cm³/mol. The quantitative estimate of drug-likeness (QED) is 0.576. The van der Waals surface area contributed by atoms with Gasteiger partial charge in [0.25, 0.3) is 0 Å². The zero-order valence-corrected chi connectivity index (χ0v) is 12.3. The Balaban J connectivity index is 2.15. The monoisotopic (exact) mass is 293 g/mol. The molecule has 3 aromatic rings. The van der Waals surface area contributed by atoms with Crippen molar-refractivity contribution >= 4 is 22.9 Å². The number of hydrogen-bond acceptors (Lipinski definition) is 4. The van der Waals surface area contributed by atoms with Crippen molar-refractivity contribution < 1.29 is 9.52 Å². The Hall–Kier alpha value is -2.88. The SMILES string of the molecule is Cc1ccc(N=Cc2c(O)ccc3c(C)cc(=O)oc23)cc1. The second-order valence-corrected chi connectivity index (χ2v) is 5.22. The van der Waals surface area contributed by atoms with Crippen LogP contribution in [0.1, 0.15) is 16.7 Å². The molecule has 0 aliphatic heterocycles. The first-order valence-corrected chi connectivity index (χ1v) is 6.92. The molecule has 0 atom stereocenters. The lowest BCUT2D eigenvalue weighted by molar-refractivity contribution is 0.472. The molecule has 2 aromatic carbocycles. The lowest BCUT2D eigenvalue weighted by Gasteiger charge is -2.05. The molecular weight excluding hydrogens is 278 g/mol. The van der Waals surface area contributed by atoms with Crippen LogP contribution in [0.25, 0.3) is 11.0 Å². The summed E-state index contributed by atoms with van der Waals surface area (Å²) in [5.74, 6) is 0.0251. The third kappa shape index (κ3) is 2.63. The zero-order chi connectivity index (χ0) is 15.7. The third-order valence-corrected chi connectivity index (χ3v) is 3.51. The van der Waals surface area contributed by atoms with Gasteiger partial charge in [-0.15, -0.1) is 0 Å². The van der Waals surface area contributed by atoms with E-state index in [-0.39, 0.29) is 5.75 Å². The maximum Gasteiger partial charge on any atom is 0.336 e. The number of aromatic hydroxyl groups is 1. The molecule has 0 aliphatic carbocycles. The fourth-order valence-corrected chi connectivity index (χ4v) is 2.29. The Bertz CT molecular complexity index is 921. The van der Waals surface area contributed by atoms with Crippen LogP contribution in [0.4, 0.5) is 5.69 Å². The van der Waals surface area contributed by atoms with Gasteiger partial charge in [-0.25, -0.2) is 4.79 Å². The maximum absolute atomic E-state index is 11.6. The van der Waals surface area contributed by atoms with Crippen LogP contribution in [0.5, 0.6) is 5.75 Å². The standard InChI is InChI=1S/C18H15NO3/c1-11-3-5-13(6-4-11)19-10-15-16(20)8-7-14-12(2)9-17(21)22-18(14)15/h3-10,20H,1-2H3. The molecule has 0 radical (unpaired) electrons. The summed E-state index contributed by atoms with van der Waals surface area (Å²) in [6, 6.07) is 12.4. The minimum absolute atomic E-state index is 0.0251. The molecule has 1 N–H and O–H groups in total. The average molecular weight is 293 g/mol. The molecule has 1 heterocycles. The van der Waals surface area contributed by atoms with Crippen molar-refractivity contribution in [2.45, 2.75) is 13.8 Å². The van der Waals surface area contributed by atoms with Crippen LogP contribution in [0.15, 0.2) is 56.7 Å². The van der Waals surface area contributed by atoms with Crippen LogP contribution < -0.4 is 5.63 Å². The second-order valence-electron chi connectivity index (χ2n) is 5.22. The summed E-state index contributed by atoms with van der Waals surface area (Å²) in [4.78, 5) is 15.9. The van der Waals surface area contributed by atoms with E-state index >= 15 is 0 Å². The van der Waals surface area contributed by atoms with Crippen molar-refractivity contribution in [3.05, 3.63) is 69.6 Å². The molecule has 0 bridgehead atoms. The Morgan fingerprint density at radius 3 is 2.55 bits per heavy atom. The van der Waals surface area contributed by atoms with Crippen LogP contribution in [0.3, 0.4) is 0 Å². The lowest BCUT2D eigenvalue weighted by Crippen LogP contribution is -2.00. The van der Waals surface area contributed by atoms with Crippen LogP contribution in [-0.2, 0) is 0 Å². The first kappa shape index (κ1) is 14.1. The molecular formula is C18H15NO3. The summed E-state index contributed by atoms with van der Waals surface area (Å²) in [5.41, 5.74) is 3.02. The highest BCUT2D eigenvalue weighted by Gasteiger charge is 2.10. The number of benzene rings is 2. The van der Waals surface area contributed by atoms with Crippen LogP contribution >= 0.6 is 0 Å². The number of nitrogens with zero attached hydrogens (tertiary/aromatic N) is 1. The predicted octanol–water partition coefficient (Wildman–Crippen LogP) is 3.87. The van der Waals surface area contributed by atoms with E-state index in [1.165, 1.54) is 12.3 Å². The van der Waals surface area contributed by atoms with Crippen molar-refractivity contribution in [3.63, 3.8) is 0 Å². The van der Waals surface area contributed by atoms with Gasteiger partial charge in [-0.1, -0.05) is 17.7 Å². The molecule has 0 amide bonds. The Labute approximate surface area is 127 Å². The molecule has 0 unspecified atom stereocenters. The highest BCUT2D eigenvalue weighted by molar-refractivity contribution is 6.00. The van der Waals surface area contributed by atoms with Crippen molar-refractivity contribution in [1.82, 2.24) is 0 Å². The van der Waals surface area contributed by atoms with Gasteiger partial charge < -0.3 is 9.52 Å². The summed E-state index contributed by atoms with van der Waals surface area (Å²) in [6.07, 6.45) is 1.52. The maximum atomic E-state index is 11.6. The number of aryl methyl sites for hydroxylation is 2. The first-order chi connectivity index (χ1) is 10.5. The van der Waals surface area contributed by atoms with E-state index in [1.54, 1.807) is 12.1 Å². The van der Waals surface area contributed by atoms with E-state index in [4.69, 9.17) is 4.42 Å². The van der Waals surface area contributed by atoms with E-state index in [2.05, 4.69) is 4.99 Å². The number of phenols is 1. The van der Waals surface area contributed by atoms with Crippen molar-refractivity contribution in [2.24, 2.45) is 4.99 Å².